The van der Waals surface area contributed by atoms with Crippen molar-refractivity contribution in [2.24, 2.45) is 5.92 Å². The van der Waals surface area contributed by atoms with Crippen molar-refractivity contribution in [3.63, 3.8) is 0 Å². The van der Waals surface area contributed by atoms with Crippen LogP contribution in [0.4, 0.5) is 0 Å². The fourth-order valence-electron chi connectivity index (χ4n) is 2.53. The van der Waals surface area contributed by atoms with Crippen molar-refractivity contribution in [3.05, 3.63) is 35.9 Å². The highest BCUT2D eigenvalue weighted by atomic mass is 16.3. The third-order valence-corrected chi connectivity index (χ3v) is 3.51. The van der Waals surface area contributed by atoms with Gasteiger partial charge in [0.2, 0.25) is 0 Å². The van der Waals surface area contributed by atoms with E-state index < -0.39 is 5.41 Å². The van der Waals surface area contributed by atoms with Crippen LogP contribution >= 0.6 is 0 Å². The second-order valence-corrected chi connectivity index (χ2v) is 5.06. The lowest BCUT2D eigenvalue weighted by Crippen LogP contribution is -2.36. The van der Waals surface area contributed by atoms with Crippen LogP contribution in [0.1, 0.15) is 38.7 Å². The van der Waals surface area contributed by atoms with Gasteiger partial charge in [-0.3, -0.25) is 0 Å². The highest BCUT2D eigenvalue weighted by molar-refractivity contribution is 5.25. The molecule has 1 rings (SSSR count). The number of aliphatic hydroxyl groups is 2. The Balaban J connectivity index is 2.89. The van der Waals surface area contributed by atoms with Crippen LogP contribution in [0.25, 0.3) is 0 Å². The maximum absolute atomic E-state index is 9.69. The molecule has 0 heterocycles. The summed E-state index contributed by atoms with van der Waals surface area (Å²) < 4.78 is 0. The van der Waals surface area contributed by atoms with Crippen LogP contribution in [0, 0.1) is 5.92 Å². The first-order valence-corrected chi connectivity index (χ1v) is 6.45. The van der Waals surface area contributed by atoms with Crippen LogP contribution in [-0.4, -0.2) is 23.4 Å². The second-order valence-electron chi connectivity index (χ2n) is 5.06. The number of hydrogen-bond acceptors (Lipinski definition) is 2. The Labute approximate surface area is 104 Å². The first-order chi connectivity index (χ1) is 8.18. The van der Waals surface area contributed by atoms with Gasteiger partial charge in [0.1, 0.15) is 0 Å². The Kier molecular flexibility index (Phi) is 5.66. The van der Waals surface area contributed by atoms with Crippen molar-refractivity contribution in [3.8, 4) is 0 Å². The minimum absolute atomic E-state index is 0.00156. The van der Waals surface area contributed by atoms with Crippen molar-refractivity contribution in [2.45, 2.75) is 38.5 Å². The molecule has 0 spiro atoms. The molecule has 1 atom stereocenters. The maximum atomic E-state index is 9.69. The lowest BCUT2D eigenvalue weighted by Gasteiger charge is -2.33. The third-order valence-electron chi connectivity index (χ3n) is 3.51. The van der Waals surface area contributed by atoms with E-state index in [-0.39, 0.29) is 13.2 Å². The fourth-order valence-corrected chi connectivity index (χ4v) is 2.53. The number of benzene rings is 1. The molecule has 0 fully saturated rings. The molecule has 0 amide bonds. The third kappa shape index (κ3) is 3.55. The van der Waals surface area contributed by atoms with Gasteiger partial charge in [-0.25, -0.2) is 0 Å². The first-order valence-electron chi connectivity index (χ1n) is 6.45. The van der Waals surface area contributed by atoms with Crippen LogP contribution in [0.3, 0.4) is 0 Å². The van der Waals surface area contributed by atoms with Crippen molar-refractivity contribution in [2.75, 3.05) is 13.2 Å². The summed E-state index contributed by atoms with van der Waals surface area (Å²) in [4.78, 5) is 0. The van der Waals surface area contributed by atoms with E-state index in [9.17, 15) is 10.2 Å². The van der Waals surface area contributed by atoms with Crippen LogP contribution in [0.15, 0.2) is 30.3 Å². The van der Waals surface area contributed by atoms with Gasteiger partial charge >= 0.3 is 0 Å². The van der Waals surface area contributed by atoms with E-state index in [1.807, 2.05) is 30.3 Å². The zero-order valence-electron chi connectivity index (χ0n) is 10.9. The standard InChI is InChI=1S/C15H24O2/c1-3-7-13(2)10-15(11-16,12-17)14-8-5-4-6-9-14/h4-6,8-9,13,16-17H,3,7,10-12H2,1-2H3. The van der Waals surface area contributed by atoms with Crippen molar-refractivity contribution in [1.82, 2.24) is 0 Å². The summed E-state index contributed by atoms with van der Waals surface area (Å²) in [6, 6.07) is 9.86. The fraction of sp³-hybridized carbons (Fsp3) is 0.600. The minimum atomic E-state index is -0.490. The van der Waals surface area contributed by atoms with Crippen LogP contribution in [-0.2, 0) is 5.41 Å². The number of hydrogen-bond donors (Lipinski definition) is 2. The molecule has 2 N–H and O–H groups in total. The zero-order valence-corrected chi connectivity index (χ0v) is 10.9. The Bertz CT molecular complexity index is 304. The predicted molar refractivity (Wildman–Crippen MR) is 71.0 cm³/mol. The molecular formula is C15H24O2. The first kappa shape index (κ1) is 14.2. The van der Waals surface area contributed by atoms with Crippen molar-refractivity contribution < 1.29 is 10.2 Å². The summed E-state index contributed by atoms with van der Waals surface area (Å²) in [5, 5.41) is 19.4. The summed E-state index contributed by atoms with van der Waals surface area (Å²) in [7, 11) is 0. The van der Waals surface area contributed by atoms with E-state index in [2.05, 4.69) is 13.8 Å². The molecule has 0 saturated carbocycles. The summed E-state index contributed by atoms with van der Waals surface area (Å²) in [5.41, 5.74) is 0.545. The number of aliphatic hydroxyl groups excluding tert-OH is 2. The van der Waals surface area contributed by atoms with E-state index >= 15 is 0 Å². The average Bonchev–Trinajstić information content (AvgIpc) is 2.37. The molecule has 0 aliphatic heterocycles. The van der Waals surface area contributed by atoms with Crippen molar-refractivity contribution in [1.29, 1.82) is 0 Å². The molecule has 0 bridgehead atoms. The molecule has 1 aromatic rings. The molecule has 2 heteroatoms. The Morgan fingerprint density at radius 2 is 1.71 bits per heavy atom. The molecular weight excluding hydrogens is 212 g/mol. The van der Waals surface area contributed by atoms with Crippen molar-refractivity contribution >= 4 is 0 Å². The Morgan fingerprint density at radius 1 is 1.12 bits per heavy atom. The highest BCUT2D eigenvalue weighted by Crippen LogP contribution is 2.32. The normalized spacial score (nSPS) is 13.6. The second kappa shape index (κ2) is 6.77. The molecule has 1 unspecified atom stereocenters. The summed E-state index contributed by atoms with van der Waals surface area (Å²) in [6.07, 6.45) is 3.11. The predicted octanol–water partition coefficient (Wildman–Crippen LogP) is 2.74. The Hall–Kier alpha value is -0.860. The zero-order chi connectivity index (χ0) is 12.7. The van der Waals surface area contributed by atoms with E-state index in [1.165, 1.54) is 0 Å². The van der Waals surface area contributed by atoms with Gasteiger partial charge < -0.3 is 10.2 Å². The van der Waals surface area contributed by atoms with Crippen LogP contribution < -0.4 is 0 Å². The van der Waals surface area contributed by atoms with E-state index in [0.29, 0.717) is 5.92 Å². The van der Waals surface area contributed by atoms with Gasteiger partial charge in [-0.05, 0) is 17.9 Å². The lowest BCUT2D eigenvalue weighted by atomic mass is 9.74. The molecule has 0 aliphatic carbocycles. The van der Waals surface area contributed by atoms with Gasteiger partial charge in [-0.1, -0.05) is 57.0 Å². The average molecular weight is 236 g/mol. The molecule has 2 nitrogen and oxygen atoms in total. The number of rotatable bonds is 7. The van der Waals surface area contributed by atoms with Crippen LogP contribution in [0.5, 0.6) is 0 Å². The Morgan fingerprint density at radius 3 is 2.18 bits per heavy atom. The molecule has 0 aromatic heterocycles. The van der Waals surface area contributed by atoms with Gasteiger partial charge in [0.15, 0.2) is 0 Å². The molecule has 17 heavy (non-hydrogen) atoms. The smallest absolute Gasteiger partial charge is 0.0550 e. The van der Waals surface area contributed by atoms with Gasteiger partial charge in [0.25, 0.3) is 0 Å². The lowest BCUT2D eigenvalue weighted by molar-refractivity contribution is 0.0956. The largest absolute Gasteiger partial charge is 0.395 e. The molecule has 0 aliphatic rings. The topological polar surface area (TPSA) is 40.5 Å². The monoisotopic (exact) mass is 236 g/mol. The molecule has 96 valence electrons. The van der Waals surface area contributed by atoms with E-state index in [1.54, 1.807) is 0 Å². The molecule has 0 saturated heterocycles. The SMILES string of the molecule is CCCC(C)CC(CO)(CO)c1ccccc1. The quantitative estimate of drug-likeness (QED) is 0.764. The summed E-state index contributed by atoms with van der Waals surface area (Å²) in [5.74, 6) is 0.513. The summed E-state index contributed by atoms with van der Waals surface area (Å²) >= 11 is 0. The summed E-state index contributed by atoms with van der Waals surface area (Å²) in [6.45, 7) is 4.36. The van der Waals surface area contributed by atoms with Gasteiger partial charge in [0, 0.05) is 5.41 Å². The molecule has 0 radical (unpaired) electrons. The van der Waals surface area contributed by atoms with Gasteiger partial charge in [-0.2, -0.15) is 0 Å². The minimum Gasteiger partial charge on any atom is -0.395 e. The molecule has 1 aromatic carbocycles. The van der Waals surface area contributed by atoms with Crippen LogP contribution in [0.2, 0.25) is 0 Å². The van der Waals surface area contributed by atoms with E-state index in [0.717, 1.165) is 24.8 Å². The van der Waals surface area contributed by atoms with Gasteiger partial charge in [0.05, 0.1) is 13.2 Å². The van der Waals surface area contributed by atoms with E-state index in [4.69, 9.17) is 0 Å². The highest BCUT2D eigenvalue weighted by Gasteiger charge is 2.32. The van der Waals surface area contributed by atoms with Gasteiger partial charge in [-0.15, -0.1) is 0 Å². The maximum Gasteiger partial charge on any atom is 0.0550 e.